The molecule has 2 N–H and O–H groups in total. The van der Waals surface area contributed by atoms with Crippen LogP contribution in [0.4, 0.5) is 21.9 Å². The van der Waals surface area contributed by atoms with Crippen molar-refractivity contribution in [2.45, 2.75) is 77.4 Å². The number of nitrogens with zero attached hydrogens (tertiary/aromatic N) is 4. The molecule has 0 bridgehead atoms. The highest BCUT2D eigenvalue weighted by atomic mass is 16.7. The number of rotatable bonds is 18. The molecule has 17 heteroatoms. The zero-order chi connectivity index (χ0) is 57.5. The minimum Gasteiger partial charge on any atom is -0.493 e. The van der Waals surface area contributed by atoms with E-state index in [0.717, 1.165) is 50.1 Å². The highest BCUT2D eigenvalue weighted by Gasteiger charge is 2.37. The van der Waals surface area contributed by atoms with E-state index >= 15 is 0 Å². The molecule has 6 aromatic carbocycles. The van der Waals surface area contributed by atoms with Crippen molar-refractivity contribution >= 4 is 70.2 Å². The molecule has 6 aromatic rings. The molecule has 1 aliphatic carbocycles. The summed E-state index contributed by atoms with van der Waals surface area (Å²) in [6.45, 7) is 8.21. The normalized spacial score (nSPS) is 17.7. The lowest BCUT2D eigenvalue weighted by Gasteiger charge is -2.23. The van der Waals surface area contributed by atoms with Gasteiger partial charge >= 0.3 is 6.09 Å². The van der Waals surface area contributed by atoms with E-state index < -0.39 is 18.1 Å². The minimum absolute atomic E-state index is 0.0782. The molecular weight excluding hydrogens is 1050 g/mol. The van der Waals surface area contributed by atoms with Crippen LogP contribution in [0.1, 0.15) is 101 Å². The first-order valence-electron chi connectivity index (χ1n) is 28.0. The van der Waals surface area contributed by atoms with Gasteiger partial charge in [-0.15, -0.1) is 0 Å². The van der Waals surface area contributed by atoms with Crippen molar-refractivity contribution in [3.8, 4) is 39.9 Å². The monoisotopic (exact) mass is 1110 g/mol. The number of aliphatic imine (C=N–C) groups is 2. The summed E-state index contributed by atoms with van der Waals surface area (Å²) in [6.07, 6.45) is 8.22. The number of fused-ring (bicyclic) bond motifs is 8. The van der Waals surface area contributed by atoms with Crippen molar-refractivity contribution in [1.82, 2.24) is 15.1 Å². The van der Waals surface area contributed by atoms with Crippen LogP contribution in [0.3, 0.4) is 0 Å². The summed E-state index contributed by atoms with van der Waals surface area (Å²) >= 11 is 0. The third-order valence-corrected chi connectivity index (χ3v) is 16.1. The second-order valence-corrected chi connectivity index (χ2v) is 21.9. The summed E-state index contributed by atoms with van der Waals surface area (Å²) in [7, 11) is 1.53. The van der Waals surface area contributed by atoms with Gasteiger partial charge in [0.1, 0.15) is 12.4 Å². The van der Waals surface area contributed by atoms with Gasteiger partial charge in [0.15, 0.2) is 28.8 Å². The van der Waals surface area contributed by atoms with E-state index in [-0.39, 0.29) is 67.2 Å². The number of ether oxygens (including phenoxy) is 6. The van der Waals surface area contributed by atoms with Crippen molar-refractivity contribution in [2.24, 2.45) is 21.8 Å². The van der Waals surface area contributed by atoms with Crippen LogP contribution in [-0.4, -0.2) is 104 Å². The Morgan fingerprint density at radius 3 is 1.92 bits per heavy atom. The van der Waals surface area contributed by atoms with E-state index in [1.807, 2.05) is 106 Å². The maximum atomic E-state index is 14.1. The van der Waals surface area contributed by atoms with Gasteiger partial charge in [-0.2, -0.15) is 0 Å². The molecule has 5 heterocycles. The average Bonchev–Trinajstić information content (AvgIpc) is 4.20. The van der Waals surface area contributed by atoms with Gasteiger partial charge in [0.2, 0.25) is 12.7 Å². The molecule has 0 unspecified atom stereocenters. The molecular formula is C66H62N6O11. The van der Waals surface area contributed by atoms with E-state index in [2.05, 4.69) is 22.8 Å². The van der Waals surface area contributed by atoms with Crippen molar-refractivity contribution in [2.75, 3.05) is 39.0 Å². The van der Waals surface area contributed by atoms with Crippen LogP contribution < -0.4 is 34.3 Å². The van der Waals surface area contributed by atoms with E-state index in [0.29, 0.717) is 89.4 Å². The summed E-state index contributed by atoms with van der Waals surface area (Å²) in [5.74, 6) is 0.876. The van der Waals surface area contributed by atoms with Crippen LogP contribution in [0.5, 0.6) is 28.7 Å². The van der Waals surface area contributed by atoms with E-state index in [4.69, 9.17) is 38.4 Å². The Hall–Kier alpha value is -9.51. The first kappa shape index (κ1) is 54.1. The van der Waals surface area contributed by atoms with Gasteiger partial charge in [-0.3, -0.25) is 29.2 Å². The number of hydrogen-bond donors (Lipinski definition) is 2. The summed E-state index contributed by atoms with van der Waals surface area (Å²) < 4.78 is 34.9. The smallest absolute Gasteiger partial charge is 0.407 e. The van der Waals surface area contributed by atoms with Crippen molar-refractivity contribution < 1.29 is 52.4 Å². The Morgan fingerprint density at radius 2 is 1.27 bits per heavy atom. The lowest BCUT2D eigenvalue weighted by molar-refractivity contribution is -0.127. The van der Waals surface area contributed by atoms with E-state index in [1.54, 1.807) is 59.5 Å². The number of hydrogen-bond acceptors (Lipinski definition) is 13. The summed E-state index contributed by atoms with van der Waals surface area (Å²) in [5, 5.41) is 5.71. The van der Waals surface area contributed by atoms with Crippen LogP contribution in [0.15, 0.2) is 138 Å². The SMILES string of the molecule is COc1cc2c(cc1OCCCOc1cc3c(cc1C)C(=O)N1C=C(c4ccc(NC(=O)[C@H](C)CC(=O)[C@@H](NC(=O)OCC5c6ccccc6-c6ccccc65)C(C)C)cc4)C[C@H]1C=N3)N=C[C@@H]1CC(c3ccc4c(c3)OCO4)=CN1C2=O. The van der Waals surface area contributed by atoms with Crippen molar-refractivity contribution in [1.29, 1.82) is 0 Å². The van der Waals surface area contributed by atoms with Crippen LogP contribution in [0.25, 0.3) is 22.3 Å². The molecule has 0 saturated carbocycles. The molecule has 6 aliphatic rings. The molecule has 12 rings (SSSR count). The summed E-state index contributed by atoms with van der Waals surface area (Å²) in [6, 6.07) is 35.0. The van der Waals surface area contributed by atoms with E-state index in [9.17, 15) is 24.0 Å². The molecule has 83 heavy (non-hydrogen) atoms. The average molecular weight is 1120 g/mol. The third kappa shape index (κ3) is 10.8. The number of benzene rings is 6. The number of methoxy groups -OCH3 is 1. The quantitative estimate of drug-likeness (QED) is 0.0777. The molecule has 422 valence electrons. The van der Waals surface area contributed by atoms with Gasteiger partial charge in [0.25, 0.3) is 11.8 Å². The number of carbonyl (C=O) groups is 5. The fourth-order valence-electron chi connectivity index (χ4n) is 11.6. The van der Waals surface area contributed by atoms with Gasteiger partial charge in [-0.1, -0.05) is 87.5 Å². The first-order chi connectivity index (χ1) is 40.3. The highest BCUT2D eigenvalue weighted by molar-refractivity contribution is 6.07. The van der Waals surface area contributed by atoms with Crippen LogP contribution in [0.2, 0.25) is 0 Å². The number of aryl methyl sites for hydroxylation is 1. The highest BCUT2D eigenvalue weighted by Crippen LogP contribution is 2.46. The standard InChI is InChI=1S/C66H62N6O11/c1-37(2)62(70-66(77)81-35-53-49-13-8-6-11-47(49)48-12-7-9-14-50(48)53)56(73)24-39(4)63(74)69-44-18-15-40(16-19-44)42-25-45-31-67-54-29-58(38(3)23-51(54)64(75)71(45)33-42)79-21-10-22-80-61-30-55-52(28-59(61)78-5)65(76)72-34-43(26-46(72)32-68-55)41-17-20-57-60(27-41)83-36-82-57/h6-9,11-20,23,27-34,37,39,45-46,53,62H,10,21-22,24-26,35-36H2,1-5H3,(H,69,74)(H,70,77)/t39-,45+,46+,62+/m1/s1. The van der Waals surface area contributed by atoms with Crippen molar-refractivity contribution in [3.63, 3.8) is 0 Å². The largest absolute Gasteiger partial charge is 0.493 e. The maximum Gasteiger partial charge on any atom is 0.407 e. The predicted molar refractivity (Wildman–Crippen MR) is 314 cm³/mol. The third-order valence-electron chi connectivity index (χ3n) is 16.1. The van der Waals surface area contributed by atoms with Crippen LogP contribution in [-0.2, 0) is 14.3 Å². The summed E-state index contributed by atoms with van der Waals surface area (Å²) in [5.41, 5.74) is 11.4. The summed E-state index contributed by atoms with van der Waals surface area (Å²) in [4.78, 5) is 81.2. The zero-order valence-electron chi connectivity index (χ0n) is 46.7. The molecule has 0 radical (unpaired) electrons. The molecule has 4 amide bonds. The van der Waals surface area contributed by atoms with Crippen LogP contribution >= 0.6 is 0 Å². The molecule has 17 nitrogen and oxygen atoms in total. The number of amides is 4. The second kappa shape index (κ2) is 22.8. The number of carbonyl (C=O) groups excluding carboxylic acids is 5. The fraction of sp³-hybridized carbons (Fsp3) is 0.288. The predicted octanol–water partition coefficient (Wildman–Crippen LogP) is 11.6. The Bertz CT molecular complexity index is 3690. The van der Waals surface area contributed by atoms with Gasteiger partial charge in [-0.05, 0) is 99.3 Å². The van der Waals surface area contributed by atoms with Crippen LogP contribution in [0, 0.1) is 18.8 Å². The lowest BCUT2D eigenvalue weighted by atomic mass is 9.93. The Morgan fingerprint density at radius 1 is 0.675 bits per heavy atom. The number of anilines is 1. The molecule has 5 aliphatic heterocycles. The number of alkyl carbamates (subject to hydrolysis) is 1. The molecule has 0 saturated heterocycles. The molecule has 4 atom stereocenters. The van der Waals surface area contributed by atoms with Gasteiger partial charge < -0.3 is 48.9 Å². The Balaban J connectivity index is 0.609. The Labute approximate surface area is 480 Å². The van der Waals surface area contributed by atoms with Gasteiger partial charge in [0, 0.05) is 80.2 Å². The van der Waals surface area contributed by atoms with Gasteiger partial charge in [0.05, 0.1) is 61.0 Å². The van der Waals surface area contributed by atoms with Crippen molar-refractivity contribution in [3.05, 3.63) is 167 Å². The lowest BCUT2D eigenvalue weighted by Crippen LogP contribution is -2.45. The number of ketones is 1. The minimum atomic E-state index is -0.840. The zero-order valence-corrected chi connectivity index (χ0v) is 46.7. The Kier molecular flexibility index (Phi) is 14.9. The maximum absolute atomic E-state index is 14.1. The first-order valence-corrected chi connectivity index (χ1v) is 28.0. The number of nitrogens with one attached hydrogen (secondary N) is 2. The second-order valence-electron chi connectivity index (χ2n) is 21.9. The topological polar surface area (TPSA) is 196 Å². The van der Waals surface area contributed by atoms with Gasteiger partial charge in [-0.25, -0.2) is 4.79 Å². The van der Waals surface area contributed by atoms with E-state index in [1.165, 1.54) is 7.11 Å². The molecule has 0 fully saturated rings. The number of Topliss-reactive ketones (excluding diaryl/α,β-unsaturated/α-hetero) is 1. The fourth-order valence-corrected chi connectivity index (χ4v) is 11.6. The molecule has 0 spiro atoms. The molecule has 0 aromatic heterocycles.